The van der Waals surface area contributed by atoms with Gasteiger partial charge in [-0.1, -0.05) is 29.8 Å². The van der Waals surface area contributed by atoms with E-state index in [1.165, 1.54) is 7.11 Å². The third-order valence-corrected chi connectivity index (χ3v) is 7.51. The lowest BCUT2D eigenvalue weighted by Gasteiger charge is -2.61. The van der Waals surface area contributed by atoms with Crippen molar-refractivity contribution in [2.75, 3.05) is 25.6 Å². The zero-order valence-corrected chi connectivity index (χ0v) is 16.0. The first-order valence-corrected chi connectivity index (χ1v) is 9.68. The van der Waals surface area contributed by atoms with Gasteiger partial charge in [-0.05, 0) is 25.0 Å². The lowest BCUT2D eigenvalue weighted by molar-refractivity contribution is -0.194. The standard InChI is InChI=1S/C21H24N2O5/c1-3-12-10-22-16-8-14(12)19(11-24,18(26)27-2)20-9-17(25)28-21(16,20)23-15-7-5-4-6-13(15)20/h3-7,14,16,22-24H,8-11H2,1-2H3. The fourth-order valence-electron chi connectivity index (χ4n) is 6.50. The highest BCUT2D eigenvalue weighted by Crippen LogP contribution is 2.70. The molecule has 1 aliphatic carbocycles. The Balaban J connectivity index is 1.90. The van der Waals surface area contributed by atoms with Crippen molar-refractivity contribution >= 4 is 17.6 Å². The topological polar surface area (TPSA) is 96.9 Å². The minimum absolute atomic E-state index is 0.0122. The van der Waals surface area contributed by atoms with E-state index in [-0.39, 0.29) is 24.3 Å². The van der Waals surface area contributed by atoms with E-state index >= 15 is 0 Å². The van der Waals surface area contributed by atoms with Gasteiger partial charge in [0.15, 0.2) is 0 Å². The zero-order valence-electron chi connectivity index (χ0n) is 16.0. The van der Waals surface area contributed by atoms with Gasteiger partial charge in [-0.3, -0.25) is 9.59 Å². The molecule has 1 aromatic carbocycles. The van der Waals surface area contributed by atoms with Gasteiger partial charge in [-0.25, -0.2) is 0 Å². The van der Waals surface area contributed by atoms with Gasteiger partial charge in [0.1, 0.15) is 5.41 Å². The average Bonchev–Trinajstić information content (AvgIpc) is 3.17. The minimum Gasteiger partial charge on any atom is -0.468 e. The Morgan fingerprint density at radius 1 is 1.43 bits per heavy atom. The summed E-state index contributed by atoms with van der Waals surface area (Å²) < 4.78 is 11.3. The number of aliphatic hydroxyl groups is 1. The Morgan fingerprint density at radius 3 is 2.93 bits per heavy atom. The molecule has 7 nitrogen and oxygen atoms in total. The van der Waals surface area contributed by atoms with Crippen LogP contribution in [0.5, 0.6) is 0 Å². The second-order valence-corrected chi connectivity index (χ2v) is 8.17. The molecule has 0 radical (unpaired) electrons. The molecule has 2 bridgehead atoms. The summed E-state index contributed by atoms with van der Waals surface area (Å²) in [6.07, 6.45) is 2.57. The first kappa shape index (κ1) is 17.7. The number of aliphatic hydroxyl groups excluding tert-OH is 1. The van der Waals surface area contributed by atoms with E-state index in [0.29, 0.717) is 13.0 Å². The Morgan fingerprint density at radius 2 is 2.21 bits per heavy atom. The van der Waals surface area contributed by atoms with Crippen LogP contribution >= 0.6 is 0 Å². The highest BCUT2D eigenvalue weighted by molar-refractivity contribution is 5.90. The maximum Gasteiger partial charge on any atom is 0.315 e. The minimum atomic E-state index is -1.33. The number of nitrogens with one attached hydrogen (secondary N) is 2. The van der Waals surface area contributed by atoms with Gasteiger partial charge >= 0.3 is 11.9 Å². The SMILES string of the molecule is CC=C1CNC2CC1C(CO)(C(=O)OC)C13CC(=O)OC21Nc1ccccc13. The Hall–Kier alpha value is -2.38. The number of carbonyl (C=O) groups is 2. The van der Waals surface area contributed by atoms with Gasteiger partial charge in [0, 0.05) is 18.2 Å². The van der Waals surface area contributed by atoms with Gasteiger partial charge in [0.25, 0.3) is 0 Å². The summed E-state index contributed by atoms with van der Waals surface area (Å²) in [6, 6.07) is 7.46. The van der Waals surface area contributed by atoms with Crippen LogP contribution in [0.2, 0.25) is 0 Å². The highest BCUT2D eigenvalue weighted by Gasteiger charge is 2.83. The number of para-hydroxylation sites is 1. The molecule has 3 fully saturated rings. The largest absolute Gasteiger partial charge is 0.468 e. The van der Waals surface area contributed by atoms with Crippen LogP contribution in [-0.4, -0.2) is 49.1 Å². The number of rotatable bonds is 2. The number of carbonyl (C=O) groups excluding carboxylic acids is 2. The molecule has 1 saturated carbocycles. The number of benzene rings is 1. The number of anilines is 1. The molecule has 5 rings (SSSR count). The maximum absolute atomic E-state index is 13.5. The van der Waals surface area contributed by atoms with E-state index in [1.807, 2.05) is 37.3 Å². The van der Waals surface area contributed by atoms with Crippen molar-refractivity contribution in [3.63, 3.8) is 0 Å². The summed E-state index contributed by atoms with van der Waals surface area (Å²) >= 11 is 0. The summed E-state index contributed by atoms with van der Waals surface area (Å²) in [5.74, 6) is -1.13. The van der Waals surface area contributed by atoms with Crippen LogP contribution in [-0.2, 0) is 24.5 Å². The third-order valence-electron chi connectivity index (χ3n) is 7.51. The lowest BCUT2D eigenvalue weighted by Crippen LogP contribution is -2.78. The van der Waals surface area contributed by atoms with Crippen molar-refractivity contribution in [2.24, 2.45) is 11.3 Å². The van der Waals surface area contributed by atoms with Crippen molar-refractivity contribution in [3.05, 3.63) is 41.5 Å². The van der Waals surface area contributed by atoms with Crippen LogP contribution in [0.3, 0.4) is 0 Å². The smallest absolute Gasteiger partial charge is 0.315 e. The van der Waals surface area contributed by atoms with Crippen molar-refractivity contribution in [3.8, 4) is 0 Å². The number of allylic oxidation sites excluding steroid dienone is 1. The predicted octanol–water partition coefficient (Wildman–Crippen LogP) is 1.08. The maximum atomic E-state index is 13.5. The Bertz CT molecular complexity index is 914. The molecule has 1 aromatic rings. The van der Waals surface area contributed by atoms with E-state index in [2.05, 4.69) is 10.6 Å². The van der Waals surface area contributed by atoms with Gasteiger partial charge in [0.05, 0.1) is 31.6 Å². The molecule has 0 aromatic heterocycles. The number of esters is 2. The normalized spacial score (nSPS) is 41.5. The number of fused-ring (bicyclic) bond motifs is 3. The van der Waals surface area contributed by atoms with Gasteiger partial charge in [0.2, 0.25) is 5.72 Å². The molecule has 3 aliphatic heterocycles. The van der Waals surface area contributed by atoms with Crippen LogP contribution in [0.4, 0.5) is 5.69 Å². The molecule has 4 aliphatic rings. The number of piperidine rings is 1. The molecule has 3 N–H and O–H groups in total. The van der Waals surface area contributed by atoms with Crippen LogP contribution in [0, 0.1) is 11.3 Å². The van der Waals surface area contributed by atoms with Crippen molar-refractivity contribution < 1.29 is 24.2 Å². The summed E-state index contributed by atoms with van der Waals surface area (Å²) in [7, 11) is 1.34. The molecule has 28 heavy (non-hydrogen) atoms. The second kappa shape index (κ2) is 5.58. The molecular formula is C21H24N2O5. The Kier molecular flexibility index (Phi) is 3.53. The number of hydrogen-bond donors (Lipinski definition) is 3. The average molecular weight is 384 g/mol. The number of ether oxygens (including phenoxy) is 2. The van der Waals surface area contributed by atoms with Crippen LogP contribution in [0.1, 0.15) is 25.3 Å². The summed E-state index contributed by atoms with van der Waals surface area (Å²) in [6.45, 7) is 2.08. The monoisotopic (exact) mass is 384 g/mol. The van der Waals surface area contributed by atoms with Crippen molar-refractivity contribution in [2.45, 2.75) is 36.9 Å². The molecule has 3 heterocycles. The summed E-state index contributed by atoms with van der Waals surface area (Å²) in [5.41, 5.74) is -0.830. The molecule has 5 atom stereocenters. The lowest BCUT2D eigenvalue weighted by atomic mass is 9.44. The van der Waals surface area contributed by atoms with E-state index < -0.39 is 29.1 Å². The quantitative estimate of drug-likeness (QED) is 0.519. The first-order valence-electron chi connectivity index (χ1n) is 9.68. The molecule has 2 saturated heterocycles. The fraction of sp³-hybridized carbons (Fsp3) is 0.524. The fourth-order valence-corrected chi connectivity index (χ4v) is 6.50. The number of methoxy groups -OCH3 is 1. The molecule has 148 valence electrons. The van der Waals surface area contributed by atoms with E-state index in [1.54, 1.807) is 0 Å². The van der Waals surface area contributed by atoms with E-state index in [0.717, 1.165) is 16.8 Å². The van der Waals surface area contributed by atoms with Gasteiger partial charge in [-0.15, -0.1) is 0 Å². The summed E-state index contributed by atoms with van der Waals surface area (Å²) in [5, 5.41) is 17.8. The van der Waals surface area contributed by atoms with Crippen LogP contribution in [0.25, 0.3) is 0 Å². The van der Waals surface area contributed by atoms with Gasteiger partial charge in [-0.2, -0.15) is 0 Å². The summed E-state index contributed by atoms with van der Waals surface area (Å²) in [4.78, 5) is 26.2. The molecule has 7 heteroatoms. The molecular weight excluding hydrogens is 360 g/mol. The molecule has 0 spiro atoms. The van der Waals surface area contributed by atoms with Crippen molar-refractivity contribution in [1.29, 1.82) is 0 Å². The van der Waals surface area contributed by atoms with E-state index in [4.69, 9.17) is 9.47 Å². The molecule has 5 unspecified atom stereocenters. The highest BCUT2D eigenvalue weighted by atomic mass is 16.6. The Labute approximate surface area is 163 Å². The molecule has 0 amide bonds. The van der Waals surface area contributed by atoms with Gasteiger partial charge < -0.3 is 25.2 Å². The predicted molar refractivity (Wildman–Crippen MR) is 100 cm³/mol. The zero-order chi connectivity index (χ0) is 19.7. The third kappa shape index (κ3) is 1.65. The number of hydrogen-bond acceptors (Lipinski definition) is 7. The van der Waals surface area contributed by atoms with Crippen molar-refractivity contribution in [1.82, 2.24) is 5.32 Å². The first-order chi connectivity index (χ1) is 13.5. The second-order valence-electron chi connectivity index (χ2n) is 8.17. The van der Waals surface area contributed by atoms with Crippen LogP contribution < -0.4 is 10.6 Å². The van der Waals surface area contributed by atoms with E-state index in [9.17, 15) is 14.7 Å². The van der Waals surface area contributed by atoms with Crippen LogP contribution in [0.15, 0.2) is 35.9 Å².